The van der Waals surface area contributed by atoms with Gasteiger partial charge in [0.1, 0.15) is 11.3 Å². The van der Waals surface area contributed by atoms with E-state index in [1.807, 2.05) is 18.2 Å². The van der Waals surface area contributed by atoms with Crippen molar-refractivity contribution in [2.24, 2.45) is 0 Å². The van der Waals surface area contributed by atoms with Crippen LogP contribution in [-0.4, -0.2) is 17.2 Å². The molecule has 308 valence electrons. The van der Waals surface area contributed by atoms with Crippen LogP contribution < -0.4 is 20.7 Å². The van der Waals surface area contributed by atoms with E-state index in [-0.39, 0.29) is 0 Å². The zero-order chi connectivity index (χ0) is 43.5. The van der Waals surface area contributed by atoms with Crippen LogP contribution in [0.2, 0.25) is 0 Å². The number of nitrogens with zero attached hydrogens (tertiary/aromatic N) is 2. The van der Waals surface area contributed by atoms with E-state index in [1.54, 1.807) is 0 Å². The number of aromatic nitrogens is 2. The van der Waals surface area contributed by atoms with Crippen LogP contribution >= 0.6 is 0 Å². The Morgan fingerprint density at radius 2 is 0.908 bits per heavy atom. The first-order valence-corrected chi connectivity index (χ1v) is 24.3. The van der Waals surface area contributed by atoms with Gasteiger partial charge in [-0.3, -0.25) is 0 Å². The van der Waals surface area contributed by atoms with Crippen molar-refractivity contribution in [2.75, 3.05) is 0 Å². The van der Waals surface area contributed by atoms with Crippen molar-refractivity contribution in [2.45, 2.75) is 6.92 Å². The van der Waals surface area contributed by atoms with E-state index in [0.29, 0.717) is 0 Å². The molecule has 0 radical (unpaired) electrons. The fraction of sp³-hybridized carbons (Fsp3) is 0.0164. The molecule has 0 aliphatic rings. The van der Waals surface area contributed by atoms with Gasteiger partial charge in [-0.1, -0.05) is 183 Å². The van der Waals surface area contributed by atoms with E-state index in [4.69, 9.17) is 4.42 Å². The molecular weight excluding hydrogens is 805 g/mol. The predicted octanol–water partition coefficient (Wildman–Crippen LogP) is 13.0. The highest BCUT2D eigenvalue weighted by molar-refractivity contribution is 7.19. The van der Waals surface area contributed by atoms with Gasteiger partial charge in [-0.2, -0.15) is 0 Å². The third-order valence-corrected chi connectivity index (χ3v) is 18.3. The van der Waals surface area contributed by atoms with Crippen molar-refractivity contribution in [1.29, 1.82) is 0 Å². The Bertz CT molecular complexity index is 3680. The minimum atomic E-state index is -2.67. The van der Waals surface area contributed by atoms with Gasteiger partial charge >= 0.3 is 0 Å². The van der Waals surface area contributed by atoms with E-state index in [9.17, 15) is 0 Å². The summed E-state index contributed by atoms with van der Waals surface area (Å²) in [6, 6.07) is 82.3. The second-order valence-corrected chi connectivity index (χ2v) is 20.7. The quantitative estimate of drug-likeness (QED) is 0.0806. The minimum Gasteiger partial charge on any atom is -0.456 e. The standard InChI is InChI=1S/C61H44N2OSi/c1-3-43(40-61-42(2)51-25-15-18-30-60(51)64-61)44-31-37-54-52-26-13-16-28-56(52)63(59(54)39-44)46-34-38-58-55(41-46)53-27-14-17-29-57(53)62(58)45-32-35-50(36-33-45)65(47-19-7-4-8-20-47,48-21-9-5-10-22-48)49-23-11-6-12-24-49/h3-41H,1H2,2H3/b43-40+. The molecule has 12 aromatic rings. The fourth-order valence-electron chi connectivity index (χ4n) is 10.5. The van der Waals surface area contributed by atoms with Crippen LogP contribution in [0, 0.1) is 6.92 Å². The highest BCUT2D eigenvalue weighted by Crippen LogP contribution is 2.38. The molecule has 0 aliphatic heterocycles. The summed E-state index contributed by atoms with van der Waals surface area (Å²) < 4.78 is 11.2. The molecule has 0 saturated heterocycles. The number of furan rings is 1. The lowest BCUT2D eigenvalue weighted by molar-refractivity contribution is 0.601. The Labute approximate surface area is 379 Å². The maximum absolute atomic E-state index is 6.34. The van der Waals surface area contributed by atoms with Crippen molar-refractivity contribution in [3.8, 4) is 11.4 Å². The van der Waals surface area contributed by atoms with E-state index in [2.05, 4.69) is 241 Å². The third kappa shape index (κ3) is 6.10. The minimum absolute atomic E-state index is 0.850. The zero-order valence-corrected chi connectivity index (χ0v) is 37.0. The molecule has 0 saturated carbocycles. The van der Waals surface area contributed by atoms with Crippen LogP contribution in [0.25, 0.3) is 77.6 Å². The Morgan fingerprint density at radius 3 is 1.51 bits per heavy atom. The monoisotopic (exact) mass is 848 g/mol. The summed E-state index contributed by atoms with van der Waals surface area (Å²) in [4.78, 5) is 0. The normalized spacial score (nSPS) is 12.2. The first-order chi connectivity index (χ1) is 32.1. The smallest absolute Gasteiger partial charge is 0.179 e. The molecule has 0 atom stereocenters. The predicted molar refractivity (Wildman–Crippen MR) is 278 cm³/mol. The Hall–Kier alpha value is -8.18. The fourth-order valence-corrected chi connectivity index (χ4v) is 15.2. The number of para-hydroxylation sites is 3. The molecule has 3 heterocycles. The maximum atomic E-state index is 6.34. The number of aryl methyl sites for hydroxylation is 1. The number of benzene rings is 9. The van der Waals surface area contributed by atoms with Gasteiger partial charge in [0.25, 0.3) is 0 Å². The average molecular weight is 849 g/mol. The van der Waals surface area contributed by atoms with Crippen LogP contribution in [0.5, 0.6) is 0 Å². The highest BCUT2D eigenvalue weighted by atomic mass is 28.3. The number of hydrogen-bond donors (Lipinski definition) is 0. The summed E-state index contributed by atoms with van der Waals surface area (Å²) in [7, 11) is -2.67. The van der Waals surface area contributed by atoms with Crippen LogP contribution in [-0.2, 0) is 0 Å². The highest BCUT2D eigenvalue weighted by Gasteiger charge is 2.41. The summed E-state index contributed by atoms with van der Waals surface area (Å²) in [6.07, 6.45) is 4.05. The molecule has 0 amide bonds. The number of hydrogen-bond acceptors (Lipinski definition) is 1. The molecule has 4 heteroatoms. The molecule has 65 heavy (non-hydrogen) atoms. The molecule has 12 rings (SSSR count). The summed E-state index contributed by atoms with van der Waals surface area (Å²) in [5.74, 6) is 0.850. The SMILES string of the molecule is C=C/C(=C\c1oc2ccccc2c1C)c1ccc2c3ccccc3n(-c3ccc4c(c3)c3ccccc3n4-c3ccc([Si](c4ccccc4)(c4ccccc4)c4ccccc4)cc3)c2c1. The molecule has 3 nitrogen and oxygen atoms in total. The first kappa shape index (κ1) is 38.5. The zero-order valence-electron chi connectivity index (χ0n) is 36.0. The molecule has 9 aromatic carbocycles. The number of fused-ring (bicyclic) bond motifs is 7. The topological polar surface area (TPSA) is 23.0 Å². The van der Waals surface area contributed by atoms with Crippen LogP contribution in [0.1, 0.15) is 16.9 Å². The van der Waals surface area contributed by atoms with E-state index in [0.717, 1.165) is 50.3 Å². The van der Waals surface area contributed by atoms with E-state index in [1.165, 1.54) is 58.8 Å². The largest absolute Gasteiger partial charge is 0.456 e. The van der Waals surface area contributed by atoms with Crippen molar-refractivity contribution in [3.63, 3.8) is 0 Å². The molecule has 0 aliphatic carbocycles. The molecule has 3 aromatic heterocycles. The van der Waals surface area contributed by atoms with Crippen LogP contribution in [0.3, 0.4) is 0 Å². The van der Waals surface area contributed by atoms with Crippen molar-refractivity contribution in [3.05, 3.63) is 254 Å². The van der Waals surface area contributed by atoms with Crippen LogP contribution in [0.15, 0.2) is 242 Å². The summed E-state index contributed by atoms with van der Waals surface area (Å²) >= 11 is 0. The molecule has 0 spiro atoms. The van der Waals surface area contributed by atoms with Gasteiger partial charge in [0.05, 0.1) is 22.1 Å². The van der Waals surface area contributed by atoms with Crippen LogP contribution in [0.4, 0.5) is 0 Å². The molecular formula is C61H44N2OSi. The Balaban J connectivity index is 1.01. The summed E-state index contributed by atoms with van der Waals surface area (Å²) in [6.45, 7) is 6.37. The van der Waals surface area contributed by atoms with Crippen molar-refractivity contribution in [1.82, 2.24) is 9.13 Å². The van der Waals surface area contributed by atoms with Gasteiger partial charge in [-0.25, -0.2) is 0 Å². The summed E-state index contributed by atoms with van der Waals surface area (Å²) in [5.41, 5.74) is 11.0. The van der Waals surface area contributed by atoms with E-state index >= 15 is 0 Å². The van der Waals surface area contributed by atoms with Crippen molar-refractivity contribution >= 4 is 95.1 Å². The second kappa shape index (κ2) is 15.6. The number of allylic oxidation sites excluding steroid dienone is 2. The molecule has 0 bridgehead atoms. The third-order valence-electron chi connectivity index (χ3n) is 13.5. The van der Waals surface area contributed by atoms with E-state index < -0.39 is 8.07 Å². The van der Waals surface area contributed by atoms with Gasteiger partial charge in [0.15, 0.2) is 8.07 Å². The Morgan fingerprint density at radius 1 is 0.431 bits per heavy atom. The van der Waals surface area contributed by atoms with Gasteiger partial charge in [0, 0.05) is 43.9 Å². The lowest BCUT2D eigenvalue weighted by atomic mass is 10.0. The molecule has 0 fully saturated rings. The molecule has 0 unspecified atom stereocenters. The average Bonchev–Trinajstić information content (AvgIpc) is 4.00. The van der Waals surface area contributed by atoms with Gasteiger partial charge in [0.2, 0.25) is 0 Å². The summed E-state index contributed by atoms with van der Waals surface area (Å²) in [5, 5.41) is 11.4. The van der Waals surface area contributed by atoms with Gasteiger partial charge < -0.3 is 13.6 Å². The van der Waals surface area contributed by atoms with Gasteiger partial charge in [-0.15, -0.1) is 0 Å². The first-order valence-electron chi connectivity index (χ1n) is 22.3. The Kier molecular flexibility index (Phi) is 9.21. The maximum Gasteiger partial charge on any atom is 0.179 e. The second-order valence-electron chi connectivity index (χ2n) is 16.9. The number of rotatable bonds is 9. The van der Waals surface area contributed by atoms with Crippen molar-refractivity contribution < 1.29 is 4.42 Å². The van der Waals surface area contributed by atoms with Gasteiger partial charge in [-0.05, 0) is 99.5 Å². The lowest BCUT2D eigenvalue weighted by Gasteiger charge is -2.34. The molecule has 0 N–H and O–H groups in total. The lowest BCUT2D eigenvalue weighted by Crippen LogP contribution is -2.74.